The van der Waals surface area contributed by atoms with Crippen molar-refractivity contribution in [2.24, 2.45) is 0 Å². The van der Waals surface area contributed by atoms with E-state index in [0.717, 1.165) is 17.7 Å². The number of hydrogen-bond acceptors (Lipinski definition) is 4. The van der Waals surface area contributed by atoms with E-state index in [1.165, 1.54) is 30.6 Å². The molecule has 0 saturated carbocycles. The largest absolute Gasteiger partial charge is 0.494 e. The minimum atomic E-state index is -0.999. The van der Waals surface area contributed by atoms with Crippen LogP contribution in [0.5, 0.6) is 5.75 Å². The fourth-order valence-electron chi connectivity index (χ4n) is 1.94. The first-order valence-electron chi connectivity index (χ1n) is 7.12. The second-order valence-electron chi connectivity index (χ2n) is 4.78. The van der Waals surface area contributed by atoms with Crippen molar-refractivity contribution in [1.82, 2.24) is 4.98 Å². The molecule has 0 unspecified atom stereocenters. The van der Waals surface area contributed by atoms with Crippen molar-refractivity contribution in [3.8, 4) is 16.3 Å². The molecule has 1 N–H and O–H groups in total. The molecular weight excluding hydrogens is 286 g/mol. The van der Waals surface area contributed by atoms with Gasteiger partial charge in [-0.2, -0.15) is 0 Å². The third-order valence-electron chi connectivity index (χ3n) is 3.07. The number of nitrogens with zero attached hydrogens (tertiary/aromatic N) is 1. The quantitative estimate of drug-likeness (QED) is 0.731. The second kappa shape index (κ2) is 7.78. The van der Waals surface area contributed by atoms with E-state index in [1.54, 1.807) is 5.38 Å². The molecule has 0 bridgehead atoms. The lowest BCUT2D eigenvalue weighted by molar-refractivity contribution is 0.0691. The van der Waals surface area contributed by atoms with Crippen molar-refractivity contribution in [1.29, 1.82) is 0 Å². The van der Waals surface area contributed by atoms with Gasteiger partial charge >= 0.3 is 5.97 Å². The van der Waals surface area contributed by atoms with E-state index in [9.17, 15) is 4.79 Å². The lowest BCUT2D eigenvalue weighted by Gasteiger charge is -2.07. The van der Waals surface area contributed by atoms with Crippen LogP contribution in [0.1, 0.15) is 43.1 Å². The first-order valence-corrected chi connectivity index (χ1v) is 8.00. The number of rotatable bonds is 8. The Morgan fingerprint density at radius 3 is 2.90 bits per heavy atom. The lowest BCUT2D eigenvalue weighted by atomic mass is 10.2. The minimum absolute atomic E-state index is 0.0842. The summed E-state index contributed by atoms with van der Waals surface area (Å²) >= 11 is 1.33. The summed E-state index contributed by atoms with van der Waals surface area (Å²) in [5.41, 5.74) is 0.972. The van der Waals surface area contributed by atoms with Crippen LogP contribution in [0.15, 0.2) is 29.6 Å². The summed E-state index contributed by atoms with van der Waals surface area (Å²) in [4.78, 5) is 15.0. The molecule has 0 saturated heterocycles. The van der Waals surface area contributed by atoms with Gasteiger partial charge in [0.25, 0.3) is 0 Å². The average molecular weight is 305 g/mol. The van der Waals surface area contributed by atoms with Gasteiger partial charge in [0.15, 0.2) is 5.69 Å². The van der Waals surface area contributed by atoms with Crippen LogP contribution in [0, 0.1) is 0 Å². The van der Waals surface area contributed by atoms with E-state index < -0.39 is 5.97 Å². The van der Waals surface area contributed by atoms with E-state index >= 15 is 0 Å². The van der Waals surface area contributed by atoms with Crippen LogP contribution in [0.25, 0.3) is 10.6 Å². The Morgan fingerprint density at radius 1 is 1.33 bits per heavy atom. The molecule has 0 atom stereocenters. The van der Waals surface area contributed by atoms with Gasteiger partial charge in [0.1, 0.15) is 10.8 Å². The van der Waals surface area contributed by atoms with Crippen LogP contribution in [0.4, 0.5) is 0 Å². The summed E-state index contributed by atoms with van der Waals surface area (Å²) in [6.07, 6.45) is 4.69. The SMILES string of the molecule is CCCCCCOc1cccc(-c2nc(C(=O)O)cs2)c1. The maximum absolute atomic E-state index is 10.9. The normalized spacial score (nSPS) is 10.5. The van der Waals surface area contributed by atoms with E-state index in [2.05, 4.69) is 11.9 Å². The number of benzene rings is 1. The van der Waals surface area contributed by atoms with Crippen molar-refractivity contribution in [2.45, 2.75) is 32.6 Å². The van der Waals surface area contributed by atoms with Gasteiger partial charge in [-0.3, -0.25) is 0 Å². The molecule has 1 aromatic carbocycles. The number of carbonyl (C=O) groups is 1. The predicted molar refractivity (Wildman–Crippen MR) is 84.1 cm³/mol. The van der Waals surface area contributed by atoms with Gasteiger partial charge in [-0.05, 0) is 18.6 Å². The molecule has 0 spiro atoms. The predicted octanol–water partition coefficient (Wildman–Crippen LogP) is 4.47. The van der Waals surface area contributed by atoms with Crippen molar-refractivity contribution in [2.75, 3.05) is 6.61 Å². The van der Waals surface area contributed by atoms with Gasteiger partial charge in [0, 0.05) is 10.9 Å². The summed E-state index contributed by atoms with van der Waals surface area (Å²) in [6, 6.07) is 7.63. The van der Waals surface area contributed by atoms with Crippen LogP contribution in [0.2, 0.25) is 0 Å². The Balaban J connectivity index is 1.98. The van der Waals surface area contributed by atoms with Crippen molar-refractivity contribution < 1.29 is 14.6 Å². The zero-order valence-corrected chi connectivity index (χ0v) is 12.9. The summed E-state index contributed by atoms with van der Waals surface area (Å²) in [7, 11) is 0. The molecule has 1 aromatic heterocycles. The van der Waals surface area contributed by atoms with Gasteiger partial charge in [-0.25, -0.2) is 9.78 Å². The topological polar surface area (TPSA) is 59.4 Å². The van der Waals surface area contributed by atoms with Gasteiger partial charge in [-0.1, -0.05) is 38.3 Å². The van der Waals surface area contributed by atoms with Gasteiger partial charge in [-0.15, -0.1) is 11.3 Å². The number of carboxylic acids is 1. The Kier molecular flexibility index (Phi) is 5.75. The smallest absolute Gasteiger partial charge is 0.355 e. The number of aromatic carboxylic acids is 1. The highest BCUT2D eigenvalue weighted by Gasteiger charge is 2.10. The number of unbranched alkanes of at least 4 members (excludes halogenated alkanes) is 3. The number of carboxylic acid groups (broad SMARTS) is 1. The fraction of sp³-hybridized carbons (Fsp3) is 0.375. The highest BCUT2D eigenvalue weighted by Crippen LogP contribution is 2.27. The molecule has 1 heterocycles. The molecule has 0 aliphatic carbocycles. The summed E-state index contributed by atoms with van der Waals surface area (Å²) in [6.45, 7) is 2.89. The summed E-state index contributed by atoms with van der Waals surface area (Å²) < 4.78 is 5.73. The van der Waals surface area contributed by atoms with Crippen LogP contribution >= 0.6 is 11.3 Å². The van der Waals surface area contributed by atoms with Crippen LogP contribution in [-0.4, -0.2) is 22.7 Å². The summed E-state index contributed by atoms with van der Waals surface area (Å²) in [5.74, 6) is -0.197. The Labute approximate surface area is 128 Å². The maximum Gasteiger partial charge on any atom is 0.355 e. The van der Waals surface area contributed by atoms with Gasteiger partial charge in [0.05, 0.1) is 6.61 Å². The molecule has 4 nitrogen and oxygen atoms in total. The standard InChI is InChI=1S/C16H19NO3S/c1-2-3-4-5-9-20-13-8-6-7-12(10-13)15-17-14(11-21-15)16(18)19/h6-8,10-11H,2-5,9H2,1H3,(H,18,19). The van der Waals surface area contributed by atoms with E-state index in [0.29, 0.717) is 11.6 Å². The third kappa shape index (κ3) is 4.56. The van der Waals surface area contributed by atoms with Crippen LogP contribution in [-0.2, 0) is 0 Å². The first-order chi connectivity index (χ1) is 10.2. The molecule has 0 aliphatic heterocycles. The molecule has 112 valence electrons. The number of hydrogen-bond donors (Lipinski definition) is 1. The molecule has 2 rings (SSSR count). The molecule has 0 amide bonds. The highest BCUT2D eigenvalue weighted by atomic mass is 32.1. The van der Waals surface area contributed by atoms with Crippen molar-refractivity contribution in [3.63, 3.8) is 0 Å². The Morgan fingerprint density at radius 2 is 2.19 bits per heavy atom. The lowest BCUT2D eigenvalue weighted by Crippen LogP contribution is -1.97. The zero-order valence-electron chi connectivity index (χ0n) is 12.0. The third-order valence-corrected chi connectivity index (χ3v) is 3.96. The van der Waals surface area contributed by atoms with E-state index in [4.69, 9.17) is 9.84 Å². The number of thiazole rings is 1. The van der Waals surface area contributed by atoms with Crippen LogP contribution in [0.3, 0.4) is 0 Å². The fourth-order valence-corrected chi connectivity index (χ4v) is 2.73. The number of ether oxygens (including phenoxy) is 1. The first kappa shape index (κ1) is 15.5. The molecule has 0 radical (unpaired) electrons. The van der Waals surface area contributed by atoms with Crippen molar-refractivity contribution in [3.05, 3.63) is 35.3 Å². The van der Waals surface area contributed by atoms with Gasteiger partial charge < -0.3 is 9.84 Å². The minimum Gasteiger partial charge on any atom is -0.494 e. The average Bonchev–Trinajstić information content (AvgIpc) is 2.97. The summed E-state index contributed by atoms with van der Waals surface area (Å²) in [5, 5.41) is 11.2. The molecule has 0 aliphatic rings. The Bertz CT molecular complexity index is 595. The number of aromatic nitrogens is 1. The Hall–Kier alpha value is -1.88. The molecule has 21 heavy (non-hydrogen) atoms. The molecule has 2 aromatic rings. The highest BCUT2D eigenvalue weighted by molar-refractivity contribution is 7.13. The molecule has 0 fully saturated rings. The molecular formula is C16H19NO3S. The van der Waals surface area contributed by atoms with E-state index in [1.807, 2.05) is 24.3 Å². The monoisotopic (exact) mass is 305 g/mol. The maximum atomic E-state index is 10.9. The molecule has 5 heteroatoms. The van der Waals surface area contributed by atoms with E-state index in [-0.39, 0.29) is 5.69 Å². The second-order valence-corrected chi connectivity index (χ2v) is 5.64. The van der Waals surface area contributed by atoms with Crippen LogP contribution < -0.4 is 4.74 Å². The zero-order chi connectivity index (χ0) is 15.1. The van der Waals surface area contributed by atoms with Gasteiger partial charge in [0.2, 0.25) is 0 Å². The van der Waals surface area contributed by atoms with Crippen molar-refractivity contribution >= 4 is 17.3 Å².